The monoisotopic (exact) mass is 349 g/mol. The van der Waals surface area contributed by atoms with Crippen LogP contribution < -0.4 is 10.6 Å². The first kappa shape index (κ1) is 17.5. The number of carbonyl (C=O) groups is 2. The van der Waals surface area contributed by atoms with Crippen LogP contribution in [0.3, 0.4) is 0 Å². The summed E-state index contributed by atoms with van der Waals surface area (Å²) in [5.74, 6) is -0.0883. The maximum atomic E-state index is 12.1. The number of amides is 2. The number of anilines is 2. The maximum absolute atomic E-state index is 12.1. The van der Waals surface area contributed by atoms with E-state index in [1.807, 2.05) is 43.5 Å². The lowest BCUT2D eigenvalue weighted by atomic mass is 10.3. The van der Waals surface area contributed by atoms with Gasteiger partial charge in [-0.05, 0) is 31.5 Å². The van der Waals surface area contributed by atoms with Crippen molar-refractivity contribution in [2.45, 2.75) is 36.8 Å². The van der Waals surface area contributed by atoms with Crippen molar-refractivity contribution >= 4 is 45.7 Å². The molecule has 0 spiro atoms. The van der Waals surface area contributed by atoms with E-state index in [2.05, 4.69) is 15.6 Å². The number of hydrogen-bond acceptors (Lipinski definition) is 5. The Bertz CT molecular complexity index is 659. The summed E-state index contributed by atoms with van der Waals surface area (Å²) < 4.78 is 0. The summed E-state index contributed by atoms with van der Waals surface area (Å²) in [6.07, 6.45) is 2.97. The van der Waals surface area contributed by atoms with Crippen molar-refractivity contribution < 1.29 is 9.59 Å². The van der Waals surface area contributed by atoms with Gasteiger partial charge in [-0.1, -0.05) is 13.0 Å². The molecule has 1 aromatic carbocycles. The molecule has 0 bridgehead atoms. The Balaban J connectivity index is 1.93. The van der Waals surface area contributed by atoms with Crippen LogP contribution >= 0.6 is 23.1 Å². The molecule has 2 rings (SSSR count). The van der Waals surface area contributed by atoms with Crippen molar-refractivity contribution in [1.29, 1.82) is 0 Å². The second kappa shape index (κ2) is 8.69. The predicted octanol–water partition coefficient (Wildman–Crippen LogP) is 4.00. The first-order valence-electron chi connectivity index (χ1n) is 7.35. The normalized spacial score (nSPS) is 11.7. The van der Waals surface area contributed by atoms with Crippen molar-refractivity contribution in [1.82, 2.24) is 4.98 Å². The van der Waals surface area contributed by atoms with Gasteiger partial charge < -0.3 is 10.6 Å². The first-order valence-corrected chi connectivity index (χ1v) is 9.11. The number of benzene rings is 1. The van der Waals surface area contributed by atoms with Crippen LogP contribution in [0, 0.1) is 0 Å². The van der Waals surface area contributed by atoms with Crippen molar-refractivity contribution in [3.05, 3.63) is 35.8 Å². The lowest BCUT2D eigenvalue weighted by molar-refractivity contribution is -0.116. The summed E-state index contributed by atoms with van der Waals surface area (Å²) in [5.41, 5.74) is 0.751. The molecule has 0 saturated carbocycles. The number of carbonyl (C=O) groups excluding carboxylic acids is 2. The van der Waals surface area contributed by atoms with Crippen LogP contribution in [0.4, 0.5) is 10.8 Å². The van der Waals surface area contributed by atoms with E-state index in [0.29, 0.717) is 11.6 Å². The highest BCUT2D eigenvalue weighted by molar-refractivity contribution is 8.00. The molecule has 2 aromatic rings. The topological polar surface area (TPSA) is 71.1 Å². The molecular weight excluding hydrogens is 330 g/mol. The number of thioether (sulfide) groups is 1. The van der Waals surface area contributed by atoms with Crippen LogP contribution in [0.1, 0.15) is 26.7 Å². The zero-order chi connectivity index (χ0) is 16.7. The number of aromatic nitrogens is 1. The van der Waals surface area contributed by atoms with E-state index in [1.54, 1.807) is 6.20 Å². The van der Waals surface area contributed by atoms with Crippen molar-refractivity contribution in [2.75, 3.05) is 10.6 Å². The van der Waals surface area contributed by atoms with E-state index in [9.17, 15) is 9.59 Å². The highest BCUT2D eigenvalue weighted by atomic mass is 32.2. The maximum Gasteiger partial charge on any atom is 0.239 e. The van der Waals surface area contributed by atoms with Crippen LogP contribution in [0.25, 0.3) is 0 Å². The van der Waals surface area contributed by atoms with Gasteiger partial charge in [0.05, 0.1) is 5.25 Å². The number of nitrogens with one attached hydrogen (secondary N) is 2. The summed E-state index contributed by atoms with van der Waals surface area (Å²) in [5, 5.41) is 7.80. The minimum atomic E-state index is -0.263. The lowest BCUT2D eigenvalue weighted by Gasteiger charge is -2.12. The molecule has 1 atom stereocenters. The quantitative estimate of drug-likeness (QED) is 0.741. The highest BCUT2D eigenvalue weighted by Gasteiger charge is 2.15. The van der Waals surface area contributed by atoms with Gasteiger partial charge >= 0.3 is 0 Å². The number of rotatable bonds is 7. The number of thiazole rings is 1. The first-order chi connectivity index (χ1) is 11.1. The van der Waals surface area contributed by atoms with Crippen LogP contribution in [0.5, 0.6) is 0 Å². The summed E-state index contributed by atoms with van der Waals surface area (Å²) in [4.78, 5) is 28.7. The minimum Gasteiger partial charge on any atom is -0.326 e. The van der Waals surface area contributed by atoms with E-state index < -0.39 is 0 Å². The van der Waals surface area contributed by atoms with Crippen LogP contribution in [-0.4, -0.2) is 22.0 Å². The Labute approximate surface area is 143 Å². The Hall–Kier alpha value is -1.86. The Morgan fingerprint density at radius 2 is 2.17 bits per heavy atom. The molecule has 0 aliphatic heterocycles. The molecule has 122 valence electrons. The van der Waals surface area contributed by atoms with E-state index in [4.69, 9.17) is 0 Å². The van der Waals surface area contributed by atoms with Gasteiger partial charge in [0.15, 0.2) is 5.13 Å². The van der Waals surface area contributed by atoms with Crippen molar-refractivity contribution in [3.63, 3.8) is 0 Å². The van der Waals surface area contributed by atoms with Gasteiger partial charge in [-0.15, -0.1) is 23.1 Å². The fourth-order valence-electron chi connectivity index (χ4n) is 1.85. The van der Waals surface area contributed by atoms with Gasteiger partial charge in [0.1, 0.15) is 0 Å². The Morgan fingerprint density at radius 3 is 2.87 bits per heavy atom. The average molecular weight is 349 g/mol. The number of nitrogens with zero attached hydrogens (tertiary/aromatic N) is 1. The van der Waals surface area contributed by atoms with Gasteiger partial charge in [0.2, 0.25) is 11.8 Å². The van der Waals surface area contributed by atoms with Crippen LogP contribution in [0.15, 0.2) is 40.7 Å². The predicted molar refractivity (Wildman–Crippen MR) is 96.0 cm³/mol. The third kappa shape index (κ3) is 5.69. The smallest absolute Gasteiger partial charge is 0.239 e. The average Bonchev–Trinajstić information content (AvgIpc) is 3.00. The molecule has 0 aliphatic carbocycles. The summed E-state index contributed by atoms with van der Waals surface area (Å²) in [6.45, 7) is 3.81. The van der Waals surface area contributed by atoms with Gasteiger partial charge in [0.25, 0.3) is 0 Å². The van der Waals surface area contributed by atoms with Crippen LogP contribution in [0.2, 0.25) is 0 Å². The molecule has 0 fully saturated rings. The molecule has 0 saturated heterocycles. The molecule has 23 heavy (non-hydrogen) atoms. The van der Waals surface area contributed by atoms with E-state index in [-0.39, 0.29) is 17.1 Å². The van der Waals surface area contributed by atoms with Gasteiger partial charge in [-0.2, -0.15) is 0 Å². The Kier molecular flexibility index (Phi) is 6.61. The molecule has 2 amide bonds. The van der Waals surface area contributed by atoms with E-state index >= 15 is 0 Å². The third-order valence-electron chi connectivity index (χ3n) is 2.94. The molecule has 1 heterocycles. The fraction of sp³-hybridized carbons (Fsp3) is 0.312. The number of hydrogen-bond donors (Lipinski definition) is 2. The molecule has 7 heteroatoms. The molecule has 0 radical (unpaired) electrons. The van der Waals surface area contributed by atoms with E-state index in [0.717, 1.165) is 17.0 Å². The third-order valence-corrected chi connectivity index (χ3v) is 4.72. The summed E-state index contributed by atoms with van der Waals surface area (Å²) in [6, 6.07) is 7.52. The standard InChI is InChI=1S/C16H19N3O2S2/c1-3-5-14(20)18-12-6-4-7-13(10-12)23-11(2)15(21)19-16-17-8-9-22-16/h4,6-11H,3,5H2,1-2H3,(H,18,20)(H,17,19,21). The second-order valence-corrected chi connectivity index (χ2v) is 7.22. The fourth-order valence-corrected chi connectivity index (χ4v) is 3.31. The van der Waals surface area contributed by atoms with Gasteiger partial charge in [0, 0.05) is 28.6 Å². The summed E-state index contributed by atoms with van der Waals surface area (Å²) >= 11 is 2.83. The lowest BCUT2D eigenvalue weighted by Crippen LogP contribution is -2.22. The molecule has 1 unspecified atom stereocenters. The molecule has 1 aromatic heterocycles. The zero-order valence-corrected chi connectivity index (χ0v) is 14.7. The molecule has 5 nitrogen and oxygen atoms in total. The SMILES string of the molecule is CCCC(=O)Nc1cccc(SC(C)C(=O)Nc2nccs2)c1. The molecule has 2 N–H and O–H groups in total. The van der Waals surface area contributed by atoms with E-state index in [1.165, 1.54) is 23.1 Å². The highest BCUT2D eigenvalue weighted by Crippen LogP contribution is 2.27. The van der Waals surface area contributed by atoms with Crippen molar-refractivity contribution in [2.24, 2.45) is 0 Å². The van der Waals surface area contributed by atoms with Gasteiger partial charge in [-0.3, -0.25) is 9.59 Å². The Morgan fingerprint density at radius 1 is 1.35 bits per heavy atom. The van der Waals surface area contributed by atoms with Gasteiger partial charge in [-0.25, -0.2) is 4.98 Å². The molecule has 0 aliphatic rings. The molecular formula is C16H19N3O2S2. The second-order valence-electron chi connectivity index (χ2n) is 4.91. The minimum absolute atomic E-state index is 0.00390. The summed E-state index contributed by atoms with van der Waals surface area (Å²) in [7, 11) is 0. The zero-order valence-electron chi connectivity index (χ0n) is 13.0. The van der Waals surface area contributed by atoms with Crippen molar-refractivity contribution in [3.8, 4) is 0 Å². The largest absolute Gasteiger partial charge is 0.326 e. The van der Waals surface area contributed by atoms with Crippen LogP contribution in [-0.2, 0) is 9.59 Å².